The summed E-state index contributed by atoms with van der Waals surface area (Å²) in [7, 11) is 0. The first-order valence-corrected chi connectivity index (χ1v) is 10.9. The lowest BCUT2D eigenvalue weighted by atomic mass is 10.1. The van der Waals surface area contributed by atoms with Crippen LogP contribution in [0, 0.1) is 13.8 Å². The fourth-order valence-corrected chi connectivity index (χ4v) is 4.13. The van der Waals surface area contributed by atoms with E-state index in [9.17, 15) is 9.59 Å². The smallest absolute Gasteiger partial charge is 0.300 e. The second-order valence-electron chi connectivity index (χ2n) is 6.84. The number of thioether (sulfide) groups is 1. The number of carbonyl (C=O) groups is 1. The molecule has 30 heavy (non-hydrogen) atoms. The number of hydrogen-bond donors (Lipinski definition) is 1. The predicted octanol–water partition coefficient (Wildman–Crippen LogP) is 3.99. The maximum Gasteiger partial charge on any atom is 0.300 e. The molecule has 4 aromatic rings. The second-order valence-corrected chi connectivity index (χ2v) is 8.70. The molecule has 0 spiro atoms. The minimum Gasteiger partial charge on any atom is -0.325 e. The first kappa shape index (κ1) is 20.4. The van der Waals surface area contributed by atoms with Crippen LogP contribution in [-0.4, -0.2) is 30.8 Å². The zero-order valence-corrected chi connectivity index (χ0v) is 18.7. The number of aromatic nitrogens is 4. The molecule has 0 bridgehead atoms. The Kier molecular flexibility index (Phi) is 5.74. The number of nitrogens with one attached hydrogen (secondary N) is 1. The number of benzene rings is 2. The van der Waals surface area contributed by atoms with E-state index < -0.39 is 0 Å². The van der Waals surface area contributed by atoms with Crippen molar-refractivity contribution in [3.8, 4) is 5.69 Å². The van der Waals surface area contributed by atoms with E-state index in [-0.39, 0.29) is 22.9 Å². The number of halogens is 1. The summed E-state index contributed by atoms with van der Waals surface area (Å²) in [5.41, 5.74) is 3.60. The Morgan fingerprint density at radius 1 is 1.07 bits per heavy atom. The number of aryl methyl sites for hydroxylation is 2. The lowest BCUT2D eigenvalue weighted by Gasteiger charge is -2.08. The van der Waals surface area contributed by atoms with E-state index in [0.717, 1.165) is 27.0 Å². The quantitative estimate of drug-likeness (QED) is 0.434. The summed E-state index contributed by atoms with van der Waals surface area (Å²) in [6.45, 7) is 3.97. The molecule has 0 fully saturated rings. The minimum absolute atomic E-state index is 0.148. The number of carbonyl (C=O) groups excluding carboxylic acids is 1. The van der Waals surface area contributed by atoms with Crippen molar-refractivity contribution in [3.05, 3.63) is 80.8 Å². The molecule has 0 radical (unpaired) electrons. The highest BCUT2D eigenvalue weighted by atomic mass is 79.9. The summed E-state index contributed by atoms with van der Waals surface area (Å²) in [5, 5.41) is 11.5. The van der Waals surface area contributed by atoms with Crippen molar-refractivity contribution in [3.63, 3.8) is 0 Å². The van der Waals surface area contributed by atoms with Crippen LogP contribution in [0.4, 0.5) is 5.69 Å². The first-order chi connectivity index (χ1) is 14.4. The van der Waals surface area contributed by atoms with Gasteiger partial charge in [0.15, 0.2) is 5.16 Å². The van der Waals surface area contributed by atoms with Crippen LogP contribution in [0.15, 0.2) is 69.3 Å². The van der Waals surface area contributed by atoms with Crippen LogP contribution in [-0.2, 0) is 4.79 Å². The summed E-state index contributed by atoms with van der Waals surface area (Å²) in [4.78, 5) is 25.2. The van der Waals surface area contributed by atoms with E-state index in [1.165, 1.54) is 16.3 Å². The lowest BCUT2D eigenvalue weighted by molar-refractivity contribution is -0.113. The van der Waals surface area contributed by atoms with Crippen LogP contribution in [0.5, 0.6) is 0 Å². The number of anilines is 1. The van der Waals surface area contributed by atoms with E-state index in [0.29, 0.717) is 5.16 Å². The summed E-state index contributed by atoms with van der Waals surface area (Å²) >= 11 is 4.61. The molecule has 1 N–H and O–H groups in total. The van der Waals surface area contributed by atoms with Gasteiger partial charge in [-0.1, -0.05) is 33.8 Å². The van der Waals surface area contributed by atoms with Crippen LogP contribution in [0.3, 0.4) is 0 Å². The SMILES string of the molecule is Cc1cc(C)cc(NC(=O)CSc2nnc3c(=O)n(-c4ccc(Br)cc4)ccn23)c1. The van der Waals surface area contributed by atoms with Gasteiger partial charge in [-0.25, -0.2) is 0 Å². The van der Waals surface area contributed by atoms with Crippen LogP contribution in [0.1, 0.15) is 11.1 Å². The van der Waals surface area contributed by atoms with Crippen molar-refractivity contribution < 1.29 is 4.79 Å². The first-order valence-electron chi connectivity index (χ1n) is 9.14. The highest BCUT2D eigenvalue weighted by molar-refractivity contribution is 9.10. The Morgan fingerprint density at radius 3 is 2.47 bits per heavy atom. The number of nitrogens with zero attached hydrogens (tertiary/aromatic N) is 4. The fourth-order valence-electron chi connectivity index (χ4n) is 3.14. The average Bonchev–Trinajstić information content (AvgIpc) is 3.11. The van der Waals surface area contributed by atoms with Gasteiger partial charge in [-0.05, 0) is 61.4 Å². The monoisotopic (exact) mass is 483 g/mol. The number of amides is 1. The van der Waals surface area contributed by atoms with Crippen LogP contribution in [0.25, 0.3) is 11.3 Å². The molecule has 0 unspecified atom stereocenters. The van der Waals surface area contributed by atoms with Crippen LogP contribution in [0.2, 0.25) is 0 Å². The average molecular weight is 484 g/mol. The van der Waals surface area contributed by atoms with Crippen molar-refractivity contribution in [1.82, 2.24) is 19.2 Å². The van der Waals surface area contributed by atoms with E-state index in [4.69, 9.17) is 0 Å². The highest BCUT2D eigenvalue weighted by Crippen LogP contribution is 2.18. The van der Waals surface area contributed by atoms with Gasteiger partial charge in [0, 0.05) is 28.2 Å². The molecule has 152 valence electrons. The van der Waals surface area contributed by atoms with Crippen molar-refractivity contribution in [1.29, 1.82) is 0 Å². The maximum absolute atomic E-state index is 12.8. The molecule has 0 aliphatic carbocycles. The van der Waals surface area contributed by atoms with Gasteiger partial charge in [0.05, 0.1) is 5.75 Å². The Bertz CT molecular complexity index is 1280. The van der Waals surface area contributed by atoms with Gasteiger partial charge >= 0.3 is 5.56 Å². The zero-order chi connectivity index (χ0) is 21.3. The van der Waals surface area contributed by atoms with Gasteiger partial charge in [0.2, 0.25) is 11.6 Å². The minimum atomic E-state index is -0.279. The van der Waals surface area contributed by atoms with Gasteiger partial charge in [-0.15, -0.1) is 10.2 Å². The van der Waals surface area contributed by atoms with Gasteiger partial charge in [0.1, 0.15) is 0 Å². The predicted molar refractivity (Wildman–Crippen MR) is 122 cm³/mol. The molecule has 2 aromatic carbocycles. The molecule has 9 heteroatoms. The Hall–Kier alpha value is -2.91. The maximum atomic E-state index is 12.8. The lowest BCUT2D eigenvalue weighted by Crippen LogP contribution is -2.20. The Morgan fingerprint density at radius 2 is 1.77 bits per heavy atom. The largest absolute Gasteiger partial charge is 0.325 e. The molecule has 7 nitrogen and oxygen atoms in total. The van der Waals surface area contributed by atoms with E-state index in [1.54, 1.807) is 16.8 Å². The van der Waals surface area contributed by atoms with Gasteiger partial charge in [-0.2, -0.15) is 0 Å². The summed E-state index contributed by atoms with van der Waals surface area (Å²) in [6, 6.07) is 13.3. The molecule has 1 amide bonds. The summed E-state index contributed by atoms with van der Waals surface area (Å²) in [6.07, 6.45) is 3.39. The van der Waals surface area contributed by atoms with Gasteiger partial charge in [0.25, 0.3) is 0 Å². The van der Waals surface area contributed by atoms with E-state index >= 15 is 0 Å². The molecular formula is C21H18BrN5O2S. The number of rotatable bonds is 5. The van der Waals surface area contributed by atoms with Crippen molar-refractivity contribution >= 4 is 44.9 Å². The third kappa shape index (κ3) is 4.31. The molecule has 0 aliphatic heterocycles. The molecule has 0 saturated carbocycles. The van der Waals surface area contributed by atoms with Gasteiger partial charge in [-0.3, -0.25) is 18.6 Å². The number of hydrogen-bond acceptors (Lipinski definition) is 5. The highest BCUT2D eigenvalue weighted by Gasteiger charge is 2.14. The van der Waals surface area contributed by atoms with E-state index in [1.807, 2.05) is 56.3 Å². The second kappa shape index (κ2) is 8.45. The van der Waals surface area contributed by atoms with E-state index in [2.05, 4.69) is 31.4 Å². The Labute approximate surface area is 185 Å². The molecule has 0 aliphatic rings. The summed E-state index contributed by atoms with van der Waals surface area (Å²) in [5.74, 6) is 0.00814. The zero-order valence-electron chi connectivity index (χ0n) is 16.3. The van der Waals surface area contributed by atoms with Crippen LogP contribution < -0.4 is 10.9 Å². The standard InChI is InChI=1S/C21H18BrN5O2S/c1-13-9-14(2)11-16(10-13)23-18(28)12-30-21-25-24-19-20(29)26(7-8-27(19)21)17-5-3-15(22)4-6-17/h3-11H,12H2,1-2H3,(H,23,28). The van der Waals surface area contributed by atoms with Crippen LogP contribution >= 0.6 is 27.7 Å². The third-order valence-corrected chi connectivity index (χ3v) is 5.85. The Balaban J connectivity index is 1.51. The molecule has 0 saturated heterocycles. The van der Waals surface area contributed by atoms with Gasteiger partial charge < -0.3 is 5.32 Å². The third-order valence-electron chi connectivity index (χ3n) is 4.38. The molecule has 2 heterocycles. The van der Waals surface area contributed by atoms with Crippen molar-refractivity contribution in [2.24, 2.45) is 0 Å². The molecule has 4 rings (SSSR count). The fraction of sp³-hybridized carbons (Fsp3) is 0.143. The number of fused-ring (bicyclic) bond motifs is 1. The normalized spacial score (nSPS) is 11.0. The summed E-state index contributed by atoms with van der Waals surface area (Å²) < 4.78 is 4.05. The van der Waals surface area contributed by atoms with Crippen molar-refractivity contribution in [2.75, 3.05) is 11.1 Å². The van der Waals surface area contributed by atoms with Crippen molar-refractivity contribution in [2.45, 2.75) is 19.0 Å². The molecule has 0 atom stereocenters. The topological polar surface area (TPSA) is 81.3 Å². The molecule has 2 aromatic heterocycles. The molecular weight excluding hydrogens is 466 g/mol.